The second kappa shape index (κ2) is 8.11. The highest BCUT2D eigenvalue weighted by Crippen LogP contribution is 2.28. The van der Waals surface area contributed by atoms with E-state index in [-0.39, 0.29) is 5.75 Å². The normalized spacial score (nSPS) is 10.4. The molecule has 124 valence electrons. The molecule has 0 saturated heterocycles. The van der Waals surface area contributed by atoms with E-state index in [1.54, 1.807) is 36.4 Å². The Morgan fingerprint density at radius 1 is 1.21 bits per heavy atom. The standard InChI is InChI=1S/C16H14BrN3O4/c1-23-14-7-10(9-19-20-16(18)22)5-6-13(14)24-15(21)11-3-2-4-12(17)8-11/h2-9H,1H3,(H3,18,20,22)/b19-9-. The van der Waals surface area contributed by atoms with E-state index in [9.17, 15) is 9.59 Å². The van der Waals surface area contributed by atoms with E-state index in [4.69, 9.17) is 15.2 Å². The Balaban J connectivity index is 2.17. The van der Waals surface area contributed by atoms with Crippen LogP contribution in [0.25, 0.3) is 0 Å². The lowest BCUT2D eigenvalue weighted by molar-refractivity contribution is 0.0729. The SMILES string of the molecule is COc1cc(/C=N\NC(N)=O)ccc1OC(=O)c1cccc(Br)c1. The van der Waals surface area contributed by atoms with Crippen molar-refractivity contribution in [1.29, 1.82) is 0 Å². The van der Waals surface area contributed by atoms with Crippen molar-refractivity contribution >= 4 is 34.1 Å². The smallest absolute Gasteiger partial charge is 0.343 e. The number of hydrogen-bond acceptors (Lipinski definition) is 5. The third-order valence-electron chi connectivity index (χ3n) is 2.84. The fraction of sp³-hybridized carbons (Fsp3) is 0.0625. The van der Waals surface area contributed by atoms with Crippen LogP contribution < -0.4 is 20.6 Å². The van der Waals surface area contributed by atoms with Gasteiger partial charge >= 0.3 is 12.0 Å². The predicted molar refractivity (Wildman–Crippen MR) is 92.4 cm³/mol. The summed E-state index contributed by atoms with van der Waals surface area (Å²) in [7, 11) is 1.45. The van der Waals surface area contributed by atoms with Crippen LogP contribution in [-0.4, -0.2) is 25.3 Å². The Morgan fingerprint density at radius 3 is 2.67 bits per heavy atom. The molecule has 0 radical (unpaired) electrons. The zero-order valence-corrected chi connectivity index (χ0v) is 14.2. The minimum absolute atomic E-state index is 0.266. The Bertz CT molecular complexity index is 793. The van der Waals surface area contributed by atoms with Crippen LogP contribution in [0, 0.1) is 0 Å². The number of methoxy groups -OCH3 is 1. The lowest BCUT2D eigenvalue weighted by atomic mass is 10.2. The van der Waals surface area contributed by atoms with Crippen LogP contribution in [0.15, 0.2) is 52.0 Å². The van der Waals surface area contributed by atoms with Crippen molar-refractivity contribution in [3.05, 3.63) is 58.1 Å². The van der Waals surface area contributed by atoms with Gasteiger partial charge in [-0.05, 0) is 42.0 Å². The van der Waals surface area contributed by atoms with Crippen molar-refractivity contribution in [2.24, 2.45) is 10.8 Å². The van der Waals surface area contributed by atoms with E-state index in [1.807, 2.05) is 6.07 Å². The molecule has 24 heavy (non-hydrogen) atoms. The highest BCUT2D eigenvalue weighted by molar-refractivity contribution is 9.10. The molecule has 0 aromatic heterocycles. The summed E-state index contributed by atoms with van der Waals surface area (Å²) in [5.41, 5.74) is 8.02. The molecule has 0 unspecified atom stereocenters. The summed E-state index contributed by atoms with van der Waals surface area (Å²) in [5.74, 6) is 0.107. The van der Waals surface area contributed by atoms with Crippen molar-refractivity contribution in [3.63, 3.8) is 0 Å². The van der Waals surface area contributed by atoms with E-state index in [0.29, 0.717) is 16.9 Å². The number of primary amides is 1. The molecule has 0 heterocycles. The molecule has 0 saturated carbocycles. The van der Waals surface area contributed by atoms with Crippen LogP contribution >= 0.6 is 15.9 Å². The summed E-state index contributed by atoms with van der Waals surface area (Å²) in [6.45, 7) is 0. The van der Waals surface area contributed by atoms with Gasteiger partial charge in [0.25, 0.3) is 0 Å². The molecule has 0 aliphatic rings. The summed E-state index contributed by atoms with van der Waals surface area (Å²) < 4.78 is 11.3. The molecule has 0 bridgehead atoms. The highest BCUT2D eigenvalue weighted by atomic mass is 79.9. The van der Waals surface area contributed by atoms with Crippen LogP contribution in [-0.2, 0) is 0 Å². The van der Waals surface area contributed by atoms with E-state index < -0.39 is 12.0 Å². The van der Waals surface area contributed by atoms with Gasteiger partial charge in [0.05, 0.1) is 18.9 Å². The predicted octanol–water partition coefficient (Wildman–Crippen LogP) is 2.68. The second-order valence-corrected chi connectivity index (χ2v) is 5.46. The number of halogens is 1. The summed E-state index contributed by atoms with van der Waals surface area (Å²) in [4.78, 5) is 22.7. The third-order valence-corrected chi connectivity index (χ3v) is 3.33. The fourth-order valence-electron chi connectivity index (χ4n) is 1.79. The summed E-state index contributed by atoms with van der Waals surface area (Å²) >= 11 is 3.30. The molecule has 0 spiro atoms. The molecule has 2 rings (SSSR count). The zero-order chi connectivity index (χ0) is 17.5. The Hall–Kier alpha value is -2.87. The van der Waals surface area contributed by atoms with Gasteiger partial charge in [-0.2, -0.15) is 5.10 Å². The monoisotopic (exact) mass is 391 g/mol. The number of hydrazone groups is 1. The molecule has 8 heteroatoms. The number of rotatable bonds is 5. The van der Waals surface area contributed by atoms with E-state index in [2.05, 4.69) is 26.5 Å². The average Bonchev–Trinajstić information content (AvgIpc) is 2.55. The number of hydrogen-bond donors (Lipinski definition) is 2. The molecular formula is C16H14BrN3O4. The van der Waals surface area contributed by atoms with Gasteiger partial charge in [0.1, 0.15) is 0 Å². The van der Waals surface area contributed by atoms with Crippen LogP contribution in [0.5, 0.6) is 11.5 Å². The quantitative estimate of drug-likeness (QED) is 0.353. The summed E-state index contributed by atoms with van der Waals surface area (Å²) in [6.07, 6.45) is 1.38. The first kappa shape index (κ1) is 17.5. The van der Waals surface area contributed by atoms with Gasteiger partial charge in [-0.3, -0.25) is 0 Å². The lowest BCUT2D eigenvalue weighted by Gasteiger charge is -2.10. The minimum atomic E-state index is -0.766. The number of urea groups is 1. The van der Waals surface area contributed by atoms with Crippen LogP contribution in [0.4, 0.5) is 4.79 Å². The minimum Gasteiger partial charge on any atom is -0.493 e. The first-order valence-corrected chi connectivity index (χ1v) is 7.53. The summed E-state index contributed by atoms with van der Waals surface area (Å²) in [5, 5.41) is 3.65. The molecule has 2 aromatic carbocycles. The number of carbonyl (C=O) groups is 2. The van der Waals surface area contributed by atoms with Crippen molar-refractivity contribution in [3.8, 4) is 11.5 Å². The third kappa shape index (κ3) is 4.82. The van der Waals surface area contributed by atoms with Crippen molar-refractivity contribution in [2.45, 2.75) is 0 Å². The Labute approximate surface area is 146 Å². The van der Waals surface area contributed by atoms with Gasteiger partial charge < -0.3 is 15.2 Å². The van der Waals surface area contributed by atoms with Crippen LogP contribution in [0.2, 0.25) is 0 Å². The van der Waals surface area contributed by atoms with Gasteiger partial charge in [0, 0.05) is 4.47 Å². The molecule has 2 aromatic rings. The maximum absolute atomic E-state index is 12.2. The lowest BCUT2D eigenvalue weighted by Crippen LogP contribution is -2.24. The van der Waals surface area contributed by atoms with Crippen LogP contribution in [0.3, 0.4) is 0 Å². The maximum atomic E-state index is 12.2. The first-order valence-electron chi connectivity index (χ1n) is 6.74. The molecule has 0 aliphatic carbocycles. The second-order valence-electron chi connectivity index (χ2n) is 4.54. The topological polar surface area (TPSA) is 103 Å². The van der Waals surface area contributed by atoms with E-state index >= 15 is 0 Å². The molecule has 0 atom stereocenters. The van der Waals surface area contributed by atoms with Gasteiger partial charge in [0.15, 0.2) is 11.5 Å². The Morgan fingerprint density at radius 2 is 2.00 bits per heavy atom. The molecule has 7 nitrogen and oxygen atoms in total. The number of benzene rings is 2. The van der Waals surface area contributed by atoms with E-state index in [0.717, 1.165) is 4.47 Å². The first-order chi connectivity index (χ1) is 11.5. The number of esters is 1. The molecule has 2 amide bonds. The van der Waals surface area contributed by atoms with Crippen molar-refractivity contribution < 1.29 is 19.1 Å². The number of amides is 2. The van der Waals surface area contributed by atoms with Crippen molar-refractivity contribution in [2.75, 3.05) is 7.11 Å². The van der Waals surface area contributed by atoms with E-state index in [1.165, 1.54) is 13.3 Å². The van der Waals surface area contributed by atoms with Gasteiger partial charge in [0.2, 0.25) is 0 Å². The zero-order valence-electron chi connectivity index (χ0n) is 12.7. The maximum Gasteiger partial charge on any atom is 0.343 e. The largest absolute Gasteiger partial charge is 0.493 e. The number of ether oxygens (including phenoxy) is 2. The number of nitrogens with one attached hydrogen (secondary N) is 1. The highest BCUT2D eigenvalue weighted by Gasteiger charge is 2.13. The van der Waals surface area contributed by atoms with Gasteiger partial charge in [-0.1, -0.05) is 22.0 Å². The Kier molecular flexibility index (Phi) is 5.91. The van der Waals surface area contributed by atoms with Crippen LogP contribution in [0.1, 0.15) is 15.9 Å². The fourth-order valence-corrected chi connectivity index (χ4v) is 2.19. The molecule has 0 fully saturated rings. The summed E-state index contributed by atoms with van der Waals surface area (Å²) in [6, 6.07) is 10.9. The number of nitrogens with two attached hydrogens (primary N) is 1. The molecule has 0 aliphatic heterocycles. The number of nitrogens with zero attached hydrogens (tertiary/aromatic N) is 1. The van der Waals surface area contributed by atoms with Crippen molar-refractivity contribution in [1.82, 2.24) is 5.43 Å². The molecule has 3 N–H and O–H groups in total. The molecular weight excluding hydrogens is 378 g/mol. The average molecular weight is 392 g/mol. The van der Waals surface area contributed by atoms with Gasteiger partial charge in [-0.15, -0.1) is 0 Å². The van der Waals surface area contributed by atoms with Gasteiger partial charge in [-0.25, -0.2) is 15.0 Å². The number of carbonyl (C=O) groups excluding carboxylic acids is 2.